The Labute approximate surface area is 117 Å². The van der Waals surface area contributed by atoms with Crippen LogP contribution in [0.15, 0.2) is 12.5 Å². The standard InChI is InChI=1S/C11H21N4O4P/c1-3-4-5-10(20(2,18)19)14-8-15(17)11(16)9-6-12-7-13-9/h6-7,10,14,17H,3-5,8H2,1-2H3,(H,12,13)(H,18,19). The van der Waals surface area contributed by atoms with Gasteiger partial charge in [-0.1, -0.05) is 19.8 Å². The molecule has 0 saturated carbocycles. The third-order valence-electron chi connectivity index (χ3n) is 2.85. The summed E-state index contributed by atoms with van der Waals surface area (Å²) in [5, 5.41) is 12.8. The number of carbonyl (C=O) groups is 1. The van der Waals surface area contributed by atoms with E-state index in [1.807, 2.05) is 6.92 Å². The number of hydroxylamine groups is 2. The molecule has 2 atom stereocenters. The van der Waals surface area contributed by atoms with E-state index in [0.29, 0.717) is 11.5 Å². The molecule has 9 heteroatoms. The summed E-state index contributed by atoms with van der Waals surface area (Å²) in [6.45, 7) is 3.01. The highest BCUT2D eigenvalue weighted by atomic mass is 31.2. The number of aromatic amines is 1. The summed E-state index contributed by atoms with van der Waals surface area (Å²) < 4.78 is 11.7. The topological polar surface area (TPSA) is 119 Å². The number of nitrogens with zero attached hydrogens (tertiary/aromatic N) is 2. The van der Waals surface area contributed by atoms with E-state index in [2.05, 4.69) is 15.3 Å². The molecule has 1 rings (SSSR count). The molecule has 4 N–H and O–H groups in total. The highest BCUT2D eigenvalue weighted by Crippen LogP contribution is 2.42. The molecule has 0 fully saturated rings. The molecule has 0 aliphatic rings. The second kappa shape index (κ2) is 7.54. The highest BCUT2D eigenvalue weighted by Gasteiger charge is 2.26. The Morgan fingerprint density at radius 1 is 1.65 bits per heavy atom. The molecule has 1 aromatic rings. The van der Waals surface area contributed by atoms with Crippen LogP contribution in [-0.2, 0) is 4.57 Å². The predicted molar refractivity (Wildman–Crippen MR) is 73.6 cm³/mol. The Morgan fingerprint density at radius 2 is 2.35 bits per heavy atom. The summed E-state index contributed by atoms with van der Waals surface area (Å²) in [4.78, 5) is 27.6. The lowest BCUT2D eigenvalue weighted by Gasteiger charge is -2.23. The number of aromatic nitrogens is 2. The Morgan fingerprint density at radius 3 is 2.85 bits per heavy atom. The second-order valence-corrected chi connectivity index (χ2v) is 7.14. The van der Waals surface area contributed by atoms with Crippen molar-refractivity contribution in [1.82, 2.24) is 20.3 Å². The smallest absolute Gasteiger partial charge is 0.296 e. The van der Waals surface area contributed by atoms with Gasteiger partial charge in [0.2, 0.25) is 7.37 Å². The number of amides is 1. The Balaban J connectivity index is 2.54. The Hall–Kier alpha value is -1.21. The number of carbonyl (C=O) groups excluding carboxylic acids is 1. The number of hydrogen-bond donors (Lipinski definition) is 4. The second-order valence-electron chi connectivity index (χ2n) is 4.63. The number of hydrogen-bond acceptors (Lipinski definition) is 5. The van der Waals surface area contributed by atoms with Crippen molar-refractivity contribution in [2.45, 2.75) is 32.0 Å². The monoisotopic (exact) mass is 304 g/mol. The fraction of sp³-hybridized carbons (Fsp3) is 0.636. The first kappa shape index (κ1) is 16.8. The van der Waals surface area contributed by atoms with Crippen LogP contribution in [-0.4, -0.2) is 50.2 Å². The van der Waals surface area contributed by atoms with Gasteiger partial charge in [-0.25, -0.2) is 10.0 Å². The van der Waals surface area contributed by atoms with E-state index >= 15 is 0 Å². The quantitative estimate of drug-likeness (QED) is 0.248. The molecule has 20 heavy (non-hydrogen) atoms. The lowest BCUT2D eigenvalue weighted by molar-refractivity contribution is -0.0642. The van der Waals surface area contributed by atoms with Crippen LogP contribution in [0.25, 0.3) is 0 Å². The molecular formula is C11H21N4O4P. The lowest BCUT2D eigenvalue weighted by Crippen LogP contribution is -2.41. The number of rotatable bonds is 8. The van der Waals surface area contributed by atoms with Crippen LogP contribution in [0.5, 0.6) is 0 Å². The molecule has 0 bridgehead atoms. The molecular weight excluding hydrogens is 283 g/mol. The first-order valence-corrected chi connectivity index (χ1v) is 8.56. The van der Waals surface area contributed by atoms with Crippen molar-refractivity contribution in [1.29, 1.82) is 0 Å². The van der Waals surface area contributed by atoms with Crippen LogP contribution in [0.4, 0.5) is 0 Å². The van der Waals surface area contributed by atoms with E-state index in [-0.39, 0.29) is 12.4 Å². The molecule has 1 amide bonds. The number of unbranched alkanes of at least 4 members (excludes halogenated alkanes) is 1. The van der Waals surface area contributed by atoms with E-state index in [1.165, 1.54) is 19.2 Å². The van der Waals surface area contributed by atoms with E-state index in [1.54, 1.807) is 0 Å². The van der Waals surface area contributed by atoms with E-state index in [9.17, 15) is 19.5 Å². The van der Waals surface area contributed by atoms with Crippen LogP contribution >= 0.6 is 7.37 Å². The van der Waals surface area contributed by atoms with E-state index in [0.717, 1.165) is 12.8 Å². The van der Waals surface area contributed by atoms with Crippen LogP contribution in [0, 0.1) is 0 Å². The van der Waals surface area contributed by atoms with Gasteiger partial charge in [-0.05, 0) is 6.42 Å². The number of nitrogens with one attached hydrogen (secondary N) is 2. The van der Waals surface area contributed by atoms with Crippen molar-refractivity contribution in [2.75, 3.05) is 13.3 Å². The maximum absolute atomic E-state index is 11.7. The zero-order valence-corrected chi connectivity index (χ0v) is 12.5. The zero-order chi connectivity index (χ0) is 15.2. The molecule has 0 spiro atoms. The minimum atomic E-state index is -3.33. The zero-order valence-electron chi connectivity index (χ0n) is 11.6. The van der Waals surface area contributed by atoms with Crippen molar-refractivity contribution in [3.63, 3.8) is 0 Å². The Bertz CT molecular complexity index is 459. The van der Waals surface area contributed by atoms with Crippen LogP contribution in [0.1, 0.15) is 36.7 Å². The van der Waals surface area contributed by atoms with Crippen molar-refractivity contribution in [3.05, 3.63) is 18.2 Å². The van der Waals surface area contributed by atoms with Gasteiger partial charge < -0.3 is 9.88 Å². The molecule has 0 aromatic carbocycles. The molecule has 0 aliphatic heterocycles. The average molecular weight is 304 g/mol. The summed E-state index contributed by atoms with van der Waals surface area (Å²) in [6.07, 6.45) is 4.81. The molecule has 8 nitrogen and oxygen atoms in total. The van der Waals surface area contributed by atoms with Crippen molar-refractivity contribution in [2.24, 2.45) is 0 Å². The maximum atomic E-state index is 11.7. The van der Waals surface area contributed by atoms with E-state index < -0.39 is 19.1 Å². The van der Waals surface area contributed by atoms with Gasteiger partial charge in [-0.2, -0.15) is 0 Å². The number of imidazole rings is 1. The van der Waals surface area contributed by atoms with Gasteiger partial charge in [0, 0.05) is 6.66 Å². The van der Waals surface area contributed by atoms with Gasteiger partial charge in [-0.3, -0.25) is 19.9 Å². The fourth-order valence-corrected chi connectivity index (χ4v) is 2.77. The first-order chi connectivity index (χ1) is 9.36. The van der Waals surface area contributed by atoms with Crippen molar-refractivity contribution < 1.29 is 19.5 Å². The highest BCUT2D eigenvalue weighted by molar-refractivity contribution is 7.57. The van der Waals surface area contributed by atoms with Gasteiger partial charge >= 0.3 is 0 Å². The third-order valence-corrected chi connectivity index (χ3v) is 4.45. The normalized spacial score (nSPS) is 15.6. The lowest BCUT2D eigenvalue weighted by atomic mass is 10.2. The molecule has 2 unspecified atom stereocenters. The van der Waals surface area contributed by atoms with Gasteiger partial charge in [0.25, 0.3) is 5.91 Å². The average Bonchev–Trinajstić information content (AvgIpc) is 2.89. The summed E-state index contributed by atoms with van der Waals surface area (Å²) in [7, 11) is -3.33. The first-order valence-electron chi connectivity index (χ1n) is 6.38. The van der Waals surface area contributed by atoms with Crippen LogP contribution < -0.4 is 5.32 Å². The largest absolute Gasteiger partial charge is 0.343 e. The Kier molecular flexibility index (Phi) is 6.35. The van der Waals surface area contributed by atoms with Gasteiger partial charge in [0.15, 0.2) is 0 Å². The SMILES string of the molecule is CCCCC(NCN(O)C(=O)c1cnc[nH]1)P(C)(=O)O. The molecule has 1 aromatic heterocycles. The molecule has 0 radical (unpaired) electrons. The van der Waals surface area contributed by atoms with Gasteiger partial charge in [-0.15, -0.1) is 0 Å². The summed E-state index contributed by atoms with van der Waals surface area (Å²) in [5.74, 6) is -1.31. The van der Waals surface area contributed by atoms with Crippen molar-refractivity contribution >= 4 is 13.3 Å². The van der Waals surface area contributed by atoms with Crippen LogP contribution in [0.3, 0.4) is 0 Å². The predicted octanol–water partition coefficient (Wildman–Crippen LogP) is 1.20. The van der Waals surface area contributed by atoms with Crippen LogP contribution in [0.2, 0.25) is 0 Å². The third kappa shape index (κ3) is 5.05. The molecule has 0 saturated heterocycles. The molecule has 1 heterocycles. The van der Waals surface area contributed by atoms with Gasteiger partial charge in [0.05, 0.1) is 25.0 Å². The molecule has 0 aliphatic carbocycles. The minimum absolute atomic E-state index is 0.142. The van der Waals surface area contributed by atoms with E-state index in [4.69, 9.17) is 0 Å². The fourth-order valence-electron chi connectivity index (χ4n) is 1.68. The summed E-state index contributed by atoms with van der Waals surface area (Å²) >= 11 is 0. The minimum Gasteiger partial charge on any atom is -0.343 e. The van der Waals surface area contributed by atoms with Gasteiger partial charge in [0.1, 0.15) is 5.69 Å². The summed E-state index contributed by atoms with van der Waals surface area (Å²) in [5.41, 5.74) is 0.142. The van der Waals surface area contributed by atoms with Crippen molar-refractivity contribution in [3.8, 4) is 0 Å². The number of H-pyrrole nitrogens is 1. The molecule has 114 valence electrons. The maximum Gasteiger partial charge on any atom is 0.296 e. The summed E-state index contributed by atoms with van der Waals surface area (Å²) in [6, 6.07) is 0.